The lowest BCUT2D eigenvalue weighted by Gasteiger charge is -2.08. The van der Waals surface area contributed by atoms with Gasteiger partial charge in [-0.3, -0.25) is 0 Å². The summed E-state index contributed by atoms with van der Waals surface area (Å²) in [5.74, 6) is -0.326. The van der Waals surface area contributed by atoms with E-state index in [1.165, 1.54) is 0 Å². The first-order valence-corrected chi connectivity index (χ1v) is 5.20. The average molecular weight is 224 g/mol. The molecule has 0 bridgehead atoms. The van der Waals surface area contributed by atoms with E-state index in [0.717, 1.165) is 5.57 Å². The summed E-state index contributed by atoms with van der Waals surface area (Å²) in [4.78, 5) is 3.86. The van der Waals surface area contributed by atoms with Crippen molar-refractivity contribution in [3.8, 4) is 5.88 Å². The molecule has 1 rings (SSSR count). The van der Waals surface area contributed by atoms with Crippen molar-refractivity contribution in [3.63, 3.8) is 0 Å². The summed E-state index contributed by atoms with van der Waals surface area (Å²) in [6.07, 6.45) is 2.25. The third-order valence-corrected chi connectivity index (χ3v) is 2.07. The maximum Gasteiger partial charge on any atom is 0.250 e. The number of nitrogens with zero attached hydrogens (tertiary/aromatic N) is 1. The largest absolute Gasteiger partial charge is 0.475 e. The molecule has 1 N–H and O–H groups in total. The number of hydrogen-bond acceptors (Lipinski definition) is 3. The number of ether oxygens (including phenoxy) is 1. The van der Waals surface area contributed by atoms with Crippen LogP contribution in [0, 0.1) is 5.82 Å². The number of pyridine rings is 1. The smallest absolute Gasteiger partial charge is 0.250 e. The van der Waals surface area contributed by atoms with Gasteiger partial charge in [0.05, 0.1) is 6.61 Å². The topological polar surface area (TPSA) is 34.1 Å². The van der Waals surface area contributed by atoms with Gasteiger partial charge in [0.25, 0.3) is 5.88 Å². The van der Waals surface area contributed by atoms with Gasteiger partial charge in [-0.05, 0) is 20.0 Å². The molecule has 1 aromatic heterocycles. The molecule has 1 heterocycles. The van der Waals surface area contributed by atoms with Gasteiger partial charge in [-0.25, -0.2) is 9.37 Å². The van der Waals surface area contributed by atoms with Crippen molar-refractivity contribution in [2.24, 2.45) is 0 Å². The molecule has 0 spiro atoms. The predicted octanol–water partition coefficient (Wildman–Crippen LogP) is 2.29. The lowest BCUT2D eigenvalue weighted by molar-refractivity contribution is 0.290. The third kappa shape index (κ3) is 3.62. The molecule has 0 atom stereocenters. The molecule has 0 aliphatic rings. The molecule has 0 amide bonds. The fraction of sp³-hybridized carbons (Fsp3) is 0.417. The first-order valence-electron chi connectivity index (χ1n) is 5.20. The highest BCUT2D eigenvalue weighted by Crippen LogP contribution is 2.17. The fourth-order valence-electron chi connectivity index (χ4n) is 1.21. The zero-order chi connectivity index (χ0) is 12.0. The van der Waals surface area contributed by atoms with Gasteiger partial charge in [-0.2, -0.15) is 0 Å². The van der Waals surface area contributed by atoms with E-state index in [9.17, 15) is 4.39 Å². The predicted molar refractivity (Wildman–Crippen MR) is 61.9 cm³/mol. The Morgan fingerprint density at radius 2 is 2.38 bits per heavy atom. The zero-order valence-electron chi connectivity index (χ0n) is 9.72. The molecule has 0 unspecified atom stereocenters. The van der Waals surface area contributed by atoms with Crippen LogP contribution in [0.25, 0.3) is 0 Å². The van der Waals surface area contributed by atoms with Gasteiger partial charge < -0.3 is 10.1 Å². The van der Waals surface area contributed by atoms with Gasteiger partial charge in [0.2, 0.25) is 0 Å². The molecule has 0 saturated carbocycles. The van der Waals surface area contributed by atoms with Gasteiger partial charge in [0.15, 0.2) is 5.82 Å². The number of nitrogens with one attached hydrogen (secondary N) is 1. The van der Waals surface area contributed by atoms with Gasteiger partial charge in [-0.1, -0.05) is 5.57 Å². The molecule has 88 valence electrons. The summed E-state index contributed by atoms with van der Waals surface area (Å²) in [6.45, 7) is 6.53. The maximum absolute atomic E-state index is 13.7. The minimum atomic E-state index is -0.390. The van der Waals surface area contributed by atoms with E-state index in [-0.39, 0.29) is 5.88 Å². The normalized spacial score (nSPS) is 10.2. The Labute approximate surface area is 95.3 Å². The molecule has 3 nitrogen and oxygen atoms in total. The Balaban J connectivity index is 2.65. The highest BCUT2D eigenvalue weighted by Gasteiger charge is 2.09. The van der Waals surface area contributed by atoms with Crippen LogP contribution >= 0.6 is 0 Å². The Bertz CT molecular complexity index is 366. The monoisotopic (exact) mass is 224 g/mol. The van der Waals surface area contributed by atoms with Crippen molar-refractivity contribution in [1.29, 1.82) is 0 Å². The van der Waals surface area contributed by atoms with Crippen LogP contribution in [0.15, 0.2) is 24.4 Å². The van der Waals surface area contributed by atoms with Crippen molar-refractivity contribution in [3.05, 3.63) is 35.8 Å². The number of hydrogen-bond donors (Lipinski definition) is 1. The van der Waals surface area contributed by atoms with Crippen LogP contribution in [-0.4, -0.2) is 18.6 Å². The first kappa shape index (κ1) is 12.6. The summed E-state index contributed by atoms with van der Waals surface area (Å²) >= 11 is 0. The molecule has 1 aromatic rings. The van der Waals surface area contributed by atoms with E-state index in [0.29, 0.717) is 25.1 Å². The Hall–Kier alpha value is -1.42. The minimum Gasteiger partial charge on any atom is -0.475 e. The maximum atomic E-state index is 13.7. The standard InChI is InChI=1S/C12H17FN2O/c1-9(2)5-7-16-12-11(13)10(8-14-3)4-6-15-12/h4,6,14H,1,5,7-8H2,2-3H3. The van der Waals surface area contributed by atoms with Crippen LogP contribution in [0.1, 0.15) is 18.9 Å². The van der Waals surface area contributed by atoms with E-state index in [1.807, 2.05) is 6.92 Å². The lowest BCUT2D eigenvalue weighted by atomic mass is 10.2. The molecule has 0 aromatic carbocycles. The van der Waals surface area contributed by atoms with E-state index in [2.05, 4.69) is 16.9 Å². The van der Waals surface area contributed by atoms with E-state index < -0.39 is 5.82 Å². The van der Waals surface area contributed by atoms with Crippen LogP contribution < -0.4 is 10.1 Å². The lowest BCUT2D eigenvalue weighted by Crippen LogP contribution is -2.09. The molecule has 0 fully saturated rings. The van der Waals surface area contributed by atoms with Crippen molar-refractivity contribution in [1.82, 2.24) is 10.3 Å². The van der Waals surface area contributed by atoms with E-state index >= 15 is 0 Å². The first-order chi connectivity index (χ1) is 7.65. The van der Waals surface area contributed by atoms with Crippen LogP contribution in [0.5, 0.6) is 5.88 Å². The number of rotatable bonds is 6. The van der Waals surface area contributed by atoms with Crippen LogP contribution in [0.2, 0.25) is 0 Å². The van der Waals surface area contributed by atoms with E-state index in [4.69, 9.17) is 4.74 Å². The molecular weight excluding hydrogens is 207 g/mol. The van der Waals surface area contributed by atoms with Crippen molar-refractivity contribution in [2.75, 3.05) is 13.7 Å². The molecule has 4 heteroatoms. The van der Waals surface area contributed by atoms with Gasteiger partial charge in [0.1, 0.15) is 0 Å². The van der Waals surface area contributed by atoms with Crippen LogP contribution in [0.3, 0.4) is 0 Å². The van der Waals surface area contributed by atoms with Crippen molar-refractivity contribution >= 4 is 0 Å². The van der Waals surface area contributed by atoms with E-state index in [1.54, 1.807) is 19.3 Å². The van der Waals surface area contributed by atoms with Gasteiger partial charge in [-0.15, -0.1) is 6.58 Å². The second-order valence-electron chi connectivity index (χ2n) is 3.68. The second-order valence-corrected chi connectivity index (χ2v) is 3.68. The molecule has 0 aliphatic heterocycles. The van der Waals surface area contributed by atoms with Gasteiger partial charge in [0, 0.05) is 24.7 Å². The second kappa shape index (κ2) is 6.23. The van der Waals surface area contributed by atoms with Crippen LogP contribution in [-0.2, 0) is 6.54 Å². The van der Waals surface area contributed by atoms with Crippen molar-refractivity contribution < 1.29 is 9.13 Å². The highest BCUT2D eigenvalue weighted by atomic mass is 19.1. The molecule has 0 saturated heterocycles. The third-order valence-electron chi connectivity index (χ3n) is 2.07. The highest BCUT2D eigenvalue weighted by molar-refractivity contribution is 5.23. The Kier molecular flexibility index (Phi) is 4.92. The SMILES string of the molecule is C=C(C)CCOc1nccc(CNC)c1F. The summed E-state index contributed by atoms with van der Waals surface area (Å²) < 4.78 is 19.0. The number of halogens is 1. The van der Waals surface area contributed by atoms with Crippen LogP contribution in [0.4, 0.5) is 4.39 Å². The molecule has 16 heavy (non-hydrogen) atoms. The Morgan fingerprint density at radius 3 is 3.00 bits per heavy atom. The summed E-state index contributed by atoms with van der Waals surface area (Å²) in [6, 6.07) is 1.64. The average Bonchev–Trinajstić information content (AvgIpc) is 2.23. The van der Waals surface area contributed by atoms with Crippen molar-refractivity contribution in [2.45, 2.75) is 19.9 Å². The molecule has 0 aliphatic carbocycles. The summed E-state index contributed by atoms with van der Waals surface area (Å²) in [5, 5.41) is 2.89. The summed E-state index contributed by atoms with van der Waals surface area (Å²) in [5.41, 5.74) is 1.56. The van der Waals surface area contributed by atoms with Gasteiger partial charge >= 0.3 is 0 Å². The number of aromatic nitrogens is 1. The Morgan fingerprint density at radius 1 is 1.62 bits per heavy atom. The minimum absolute atomic E-state index is 0.0639. The fourth-order valence-corrected chi connectivity index (χ4v) is 1.21. The quantitative estimate of drug-likeness (QED) is 0.753. The zero-order valence-corrected chi connectivity index (χ0v) is 9.72. The summed E-state index contributed by atoms with van der Waals surface area (Å²) in [7, 11) is 1.77. The molecule has 0 radical (unpaired) electrons. The molecular formula is C12H17FN2O.